The number of rotatable bonds is 3. The summed E-state index contributed by atoms with van der Waals surface area (Å²) in [4.78, 5) is 10.0. The highest BCUT2D eigenvalue weighted by atomic mass is 16.5. The number of hydrogen-bond acceptors (Lipinski definition) is 3. The molecular weight excluding hydrogens is 358 g/mol. The van der Waals surface area contributed by atoms with E-state index in [0.29, 0.717) is 0 Å². The highest BCUT2D eigenvalue weighted by Crippen LogP contribution is 2.33. The lowest BCUT2D eigenvalue weighted by molar-refractivity contribution is 0.408. The maximum Gasteiger partial charge on any atom is 0.137 e. The Morgan fingerprint density at radius 2 is 1.66 bits per heavy atom. The van der Waals surface area contributed by atoms with Gasteiger partial charge in [-0.1, -0.05) is 45.0 Å². The van der Waals surface area contributed by atoms with Crippen molar-refractivity contribution in [2.75, 3.05) is 0 Å². The lowest BCUT2D eigenvalue weighted by atomic mass is 9.89. The van der Waals surface area contributed by atoms with E-state index in [0.717, 1.165) is 51.2 Å². The first-order chi connectivity index (χ1) is 14.0. The third-order valence-corrected chi connectivity index (χ3v) is 4.96. The smallest absolute Gasteiger partial charge is 0.137 e. The monoisotopic (exact) mass is 381 g/mol. The fourth-order valence-corrected chi connectivity index (χ4v) is 3.78. The molecule has 0 saturated heterocycles. The maximum absolute atomic E-state index is 6.03. The van der Waals surface area contributed by atoms with Crippen molar-refractivity contribution in [1.29, 1.82) is 0 Å². The van der Waals surface area contributed by atoms with Gasteiger partial charge in [-0.25, -0.2) is 4.98 Å². The van der Waals surface area contributed by atoms with Gasteiger partial charge in [0.2, 0.25) is 0 Å². The molecule has 4 heteroatoms. The van der Waals surface area contributed by atoms with Crippen molar-refractivity contribution in [3.8, 4) is 11.5 Å². The summed E-state index contributed by atoms with van der Waals surface area (Å²) in [5.41, 5.74) is 5.12. The Bertz CT molecular complexity index is 1330. The number of nitrogens with zero attached hydrogens (tertiary/aromatic N) is 3. The lowest BCUT2D eigenvalue weighted by Gasteiger charge is -2.18. The van der Waals surface area contributed by atoms with Crippen LogP contribution in [-0.4, -0.2) is 14.4 Å². The summed E-state index contributed by atoms with van der Waals surface area (Å²) < 4.78 is 8.18. The highest BCUT2D eigenvalue weighted by Gasteiger charge is 2.20. The van der Waals surface area contributed by atoms with Crippen LogP contribution in [0.4, 0.5) is 0 Å². The van der Waals surface area contributed by atoms with Crippen LogP contribution in [-0.2, 0) is 6.42 Å². The van der Waals surface area contributed by atoms with Crippen molar-refractivity contribution in [3.63, 3.8) is 0 Å². The zero-order valence-electron chi connectivity index (χ0n) is 16.9. The van der Waals surface area contributed by atoms with Crippen LogP contribution in [0.1, 0.15) is 26.5 Å². The number of pyridine rings is 2. The van der Waals surface area contributed by atoms with Gasteiger partial charge in [0.15, 0.2) is 0 Å². The Labute approximate surface area is 169 Å². The molecule has 0 bridgehead atoms. The SMILES string of the molecule is CC(C)(C)Cc1nc2cc(Oc3ccccc3)ccc2c2nc3ccccn3c12. The van der Waals surface area contributed by atoms with Gasteiger partial charge < -0.3 is 4.74 Å². The molecule has 5 rings (SSSR count). The molecule has 0 spiro atoms. The largest absolute Gasteiger partial charge is 0.457 e. The average Bonchev–Trinajstić information content (AvgIpc) is 3.07. The van der Waals surface area contributed by atoms with Crippen LogP contribution in [0.5, 0.6) is 11.5 Å². The van der Waals surface area contributed by atoms with Crippen LogP contribution in [0.2, 0.25) is 0 Å². The van der Waals surface area contributed by atoms with E-state index in [9.17, 15) is 0 Å². The molecule has 0 radical (unpaired) electrons. The Morgan fingerprint density at radius 3 is 2.45 bits per heavy atom. The van der Waals surface area contributed by atoms with E-state index in [-0.39, 0.29) is 5.41 Å². The fourth-order valence-electron chi connectivity index (χ4n) is 3.78. The van der Waals surface area contributed by atoms with E-state index >= 15 is 0 Å². The van der Waals surface area contributed by atoms with E-state index in [1.54, 1.807) is 0 Å². The molecule has 0 amide bonds. The molecule has 144 valence electrons. The van der Waals surface area contributed by atoms with Gasteiger partial charge >= 0.3 is 0 Å². The molecule has 0 aliphatic heterocycles. The second kappa shape index (κ2) is 6.59. The first-order valence-corrected chi connectivity index (χ1v) is 9.90. The summed E-state index contributed by atoms with van der Waals surface area (Å²) in [7, 11) is 0. The van der Waals surface area contributed by atoms with Gasteiger partial charge in [-0.15, -0.1) is 0 Å². The summed E-state index contributed by atoms with van der Waals surface area (Å²) >= 11 is 0. The van der Waals surface area contributed by atoms with E-state index in [1.807, 2.05) is 60.7 Å². The number of imidazole rings is 1. The molecule has 4 nitrogen and oxygen atoms in total. The molecule has 0 N–H and O–H groups in total. The minimum absolute atomic E-state index is 0.116. The van der Waals surface area contributed by atoms with Gasteiger partial charge in [0.05, 0.1) is 16.7 Å². The van der Waals surface area contributed by atoms with Crippen LogP contribution in [0.25, 0.3) is 27.6 Å². The zero-order chi connectivity index (χ0) is 20.0. The van der Waals surface area contributed by atoms with Crippen molar-refractivity contribution in [3.05, 3.63) is 78.6 Å². The molecular formula is C25H23N3O. The summed E-state index contributed by atoms with van der Waals surface area (Å²) in [6.45, 7) is 6.72. The van der Waals surface area contributed by atoms with Crippen molar-refractivity contribution in [1.82, 2.24) is 14.4 Å². The topological polar surface area (TPSA) is 39.4 Å². The van der Waals surface area contributed by atoms with Crippen molar-refractivity contribution >= 4 is 27.6 Å². The first-order valence-electron chi connectivity index (χ1n) is 9.90. The Balaban J connectivity index is 1.74. The van der Waals surface area contributed by atoms with Gasteiger partial charge in [0.1, 0.15) is 22.7 Å². The van der Waals surface area contributed by atoms with Crippen molar-refractivity contribution in [2.45, 2.75) is 27.2 Å². The second-order valence-electron chi connectivity index (χ2n) is 8.63. The molecule has 0 fully saturated rings. The van der Waals surface area contributed by atoms with Crippen LogP contribution in [0.15, 0.2) is 72.9 Å². The number of hydrogen-bond donors (Lipinski definition) is 0. The van der Waals surface area contributed by atoms with Crippen LogP contribution in [0.3, 0.4) is 0 Å². The average molecular weight is 381 g/mol. The van der Waals surface area contributed by atoms with E-state index in [2.05, 4.69) is 37.4 Å². The van der Waals surface area contributed by atoms with Gasteiger partial charge in [-0.2, -0.15) is 0 Å². The molecule has 5 aromatic rings. The molecule has 0 saturated carbocycles. The third kappa shape index (κ3) is 3.31. The van der Waals surface area contributed by atoms with Gasteiger partial charge in [-0.05, 0) is 48.2 Å². The number of aromatic nitrogens is 3. The minimum atomic E-state index is 0.116. The van der Waals surface area contributed by atoms with Crippen LogP contribution >= 0.6 is 0 Å². The number of para-hydroxylation sites is 1. The predicted octanol–water partition coefficient (Wildman–Crippen LogP) is 6.42. The zero-order valence-corrected chi connectivity index (χ0v) is 16.9. The second-order valence-corrected chi connectivity index (χ2v) is 8.63. The van der Waals surface area contributed by atoms with Gasteiger partial charge in [-0.3, -0.25) is 9.38 Å². The summed E-state index contributed by atoms with van der Waals surface area (Å²) in [6.07, 6.45) is 2.93. The van der Waals surface area contributed by atoms with Crippen LogP contribution in [0, 0.1) is 5.41 Å². The highest BCUT2D eigenvalue weighted by molar-refractivity contribution is 6.05. The molecule has 0 unspecified atom stereocenters. The predicted molar refractivity (Wildman–Crippen MR) is 118 cm³/mol. The summed E-state index contributed by atoms with van der Waals surface area (Å²) in [6, 6.07) is 22.0. The standard InChI is InChI=1S/C25H23N3O/c1-25(2,3)16-21-24-23(27-22-11-7-8-14-28(22)24)19-13-12-18(15-20(19)26-21)29-17-9-5-4-6-10-17/h4-15H,16H2,1-3H3. The first kappa shape index (κ1) is 17.7. The summed E-state index contributed by atoms with van der Waals surface area (Å²) in [5.74, 6) is 1.59. The van der Waals surface area contributed by atoms with Crippen molar-refractivity contribution in [2.24, 2.45) is 5.41 Å². The quantitative estimate of drug-likeness (QED) is 0.362. The third-order valence-electron chi connectivity index (χ3n) is 4.96. The van der Waals surface area contributed by atoms with E-state index < -0.39 is 0 Å². The molecule has 3 heterocycles. The molecule has 3 aromatic heterocycles. The Hall–Kier alpha value is -3.40. The van der Waals surface area contributed by atoms with E-state index in [1.165, 1.54) is 0 Å². The molecule has 0 atom stereocenters. The van der Waals surface area contributed by atoms with Crippen molar-refractivity contribution < 1.29 is 4.74 Å². The van der Waals surface area contributed by atoms with Gasteiger partial charge in [0.25, 0.3) is 0 Å². The Kier molecular flexibility index (Phi) is 4.02. The molecule has 29 heavy (non-hydrogen) atoms. The molecule has 0 aliphatic carbocycles. The number of fused-ring (bicyclic) bond motifs is 5. The van der Waals surface area contributed by atoms with E-state index in [4.69, 9.17) is 14.7 Å². The molecule has 2 aromatic carbocycles. The molecule has 0 aliphatic rings. The summed E-state index contributed by atoms with van der Waals surface area (Å²) in [5, 5.41) is 1.04. The lowest BCUT2D eigenvalue weighted by Crippen LogP contribution is -2.11. The Morgan fingerprint density at radius 1 is 0.862 bits per heavy atom. The maximum atomic E-state index is 6.03. The fraction of sp³-hybridized carbons (Fsp3) is 0.200. The normalized spacial score (nSPS) is 12.1. The number of ether oxygens (including phenoxy) is 1. The van der Waals surface area contributed by atoms with Gasteiger partial charge in [0, 0.05) is 17.6 Å². The number of benzene rings is 2. The minimum Gasteiger partial charge on any atom is -0.457 e. The van der Waals surface area contributed by atoms with Crippen LogP contribution < -0.4 is 4.74 Å².